The lowest BCUT2D eigenvalue weighted by Crippen LogP contribution is -2.86. The average Bonchev–Trinajstić information content (AvgIpc) is 2.72. The van der Waals surface area contributed by atoms with Gasteiger partial charge in [-0.05, 0) is 24.1 Å². The van der Waals surface area contributed by atoms with Crippen molar-refractivity contribution in [3.8, 4) is 0 Å². The minimum absolute atomic E-state index is 0.0236. The van der Waals surface area contributed by atoms with Crippen LogP contribution in [0.1, 0.15) is 35.2 Å². The number of benzene rings is 1. The van der Waals surface area contributed by atoms with Crippen LogP contribution in [0.5, 0.6) is 0 Å². The Labute approximate surface area is 170 Å². The molecule has 3 heterocycles. The van der Waals surface area contributed by atoms with Crippen LogP contribution in [0.15, 0.2) is 54.9 Å². The summed E-state index contributed by atoms with van der Waals surface area (Å²) in [6.45, 7) is 3.40. The molecule has 1 aromatic carbocycles. The molecule has 1 spiro atoms. The molecule has 7 nitrogen and oxygen atoms in total. The van der Waals surface area contributed by atoms with Crippen molar-refractivity contribution in [3.05, 3.63) is 66.0 Å². The third kappa shape index (κ3) is 3.15. The zero-order valence-electron chi connectivity index (χ0n) is 16.5. The summed E-state index contributed by atoms with van der Waals surface area (Å²) in [7, 11) is 0. The Hall–Kier alpha value is -2.93. The van der Waals surface area contributed by atoms with E-state index in [1.54, 1.807) is 34.3 Å². The molecule has 0 bridgehead atoms. The third-order valence-corrected chi connectivity index (χ3v) is 5.99. The maximum absolute atomic E-state index is 13.3. The van der Waals surface area contributed by atoms with Crippen molar-refractivity contribution in [2.45, 2.75) is 30.8 Å². The van der Waals surface area contributed by atoms with Crippen molar-refractivity contribution in [1.29, 1.82) is 0 Å². The Bertz CT molecular complexity index is 868. The van der Waals surface area contributed by atoms with Crippen molar-refractivity contribution < 1.29 is 14.7 Å². The molecule has 0 unspecified atom stereocenters. The quantitative estimate of drug-likeness (QED) is 0.811. The van der Waals surface area contributed by atoms with Gasteiger partial charge in [0.2, 0.25) is 0 Å². The number of hydrogen-bond acceptors (Lipinski definition) is 4. The van der Waals surface area contributed by atoms with Crippen LogP contribution in [0, 0.1) is 0 Å². The number of aromatic nitrogens is 1. The fourth-order valence-corrected chi connectivity index (χ4v) is 4.72. The zero-order valence-corrected chi connectivity index (χ0v) is 16.5. The molecule has 2 aliphatic heterocycles. The van der Waals surface area contributed by atoms with E-state index >= 15 is 0 Å². The smallest absolute Gasteiger partial charge is 0.317 e. The van der Waals surface area contributed by atoms with Gasteiger partial charge in [0, 0.05) is 37.9 Å². The summed E-state index contributed by atoms with van der Waals surface area (Å²) >= 11 is 0. The maximum atomic E-state index is 13.3. The van der Waals surface area contributed by atoms with Gasteiger partial charge in [-0.1, -0.05) is 37.3 Å². The molecule has 2 aromatic rings. The summed E-state index contributed by atoms with van der Waals surface area (Å²) in [5.41, 5.74) is 1.06. The molecule has 0 radical (unpaired) electrons. The van der Waals surface area contributed by atoms with Crippen molar-refractivity contribution in [2.75, 3.05) is 26.2 Å². The summed E-state index contributed by atoms with van der Waals surface area (Å²) < 4.78 is 0. The van der Waals surface area contributed by atoms with Crippen molar-refractivity contribution in [3.63, 3.8) is 0 Å². The van der Waals surface area contributed by atoms with Gasteiger partial charge < -0.3 is 20.2 Å². The lowest BCUT2D eigenvalue weighted by Gasteiger charge is -2.70. The SMILES string of the molecule is CCCNC(=O)N1CC2(C1)[C@@H](c1ccccc1)[C@@H](CO)N2C(=O)c1cccnc1. The summed E-state index contributed by atoms with van der Waals surface area (Å²) in [6.07, 6.45) is 4.04. The van der Waals surface area contributed by atoms with E-state index in [2.05, 4.69) is 10.3 Å². The fraction of sp³-hybridized carbons (Fsp3) is 0.409. The van der Waals surface area contributed by atoms with E-state index in [0.717, 1.165) is 12.0 Å². The van der Waals surface area contributed by atoms with E-state index in [4.69, 9.17) is 0 Å². The van der Waals surface area contributed by atoms with Crippen molar-refractivity contribution in [2.24, 2.45) is 0 Å². The highest BCUT2D eigenvalue weighted by Gasteiger charge is 2.68. The molecule has 0 aliphatic carbocycles. The highest BCUT2D eigenvalue weighted by atomic mass is 16.3. The van der Waals surface area contributed by atoms with E-state index in [9.17, 15) is 14.7 Å². The Kier molecular flexibility index (Phi) is 5.24. The zero-order chi connectivity index (χ0) is 20.4. The number of nitrogens with one attached hydrogen (secondary N) is 1. The molecule has 4 rings (SSSR count). The number of amides is 3. The monoisotopic (exact) mass is 394 g/mol. The van der Waals surface area contributed by atoms with Crippen LogP contribution in [0.3, 0.4) is 0 Å². The number of nitrogens with zero attached hydrogens (tertiary/aromatic N) is 3. The highest BCUT2D eigenvalue weighted by molar-refractivity contribution is 5.96. The molecule has 0 saturated carbocycles. The molecule has 152 valence electrons. The van der Waals surface area contributed by atoms with Crippen LogP contribution in [0.2, 0.25) is 0 Å². The molecule has 7 heteroatoms. The van der Waals surface area contributed by atoms with Gasteiger partial charge in [-0.3, -0.25) is 9.78 Å². The summed E-state index contributed by atoms with van der Waals surface area (Å²) in [5.74, 6) is -0.178. The largest absolute Gasteiger partial charge is 0.394 e. The van der Waals surface area contributed by atoms with Crippen molar-refractivity contribution in [1.82, 2.24) is 20.1 Å². The van der Waals surface area contributed by atoms with Gasteiger partial charge in [-0.25, -0.2) is 4.79 Å². The van der Waals surface area contributed by atoms with Gasteiger partial charge in [0.15, 0.2) is 0 Å². The standard InChI is InChI=1S/C22H26N4O3/c1-2-10-24-21(29)25-14-22(15-25)19(16-7-4-3-5-8-16)18(13-27)26(22)20(28)17-9-6-11-23-12-17/h3-9,11-12,18-19,27H,2,10,13-15H2,1H3,(H,24,29)/t18-,19+/m1/s1. The summed E-state index contributed by atoms with van der Waals surface area (Å²) in [4.78, 5) is 33.3. The Balaban J connectivity index is 1.63. The predicted molar refractivity (Wildman–Crippen MR) is 108 cm³/mol. The second-order valence-corrected chi connectivity index (χ2v) is 7.75. The van der Waals surface area contributed by atoms with E-state index in [-0.39, 0.29) is 30.5 Å². The number of hydrogen-bond donors (Lipinski definition) is 2. The molecule has 2 N–H and O–H groups in total. The highest BCUT2D eigenvalue weighted by Crippen LogP contribution is 2.54. The lowest BCUT2D eigenvalue weighted by molar-refractivity contribution is -0.150. The number of carbonyl (C=O) groups excluding carboxylic acids is 2. The second kappa shape index (κ2) is 7.83. The fourth-order valence-electron chi connectivity index (χ4n) is 4.72. The van der Waals surface area contributed by atoms with Gasteiger partial charge in [-0.2, -0.15) is 0 Å². The number of urea groups is 1. The number of pyridine rings is 1. The van der Waals surface area contributed by atoms with Crippen LogP contribution in [0.4, 0.5) is 4.79 Å². The summed E-state index contributed by atoms with van der Waals surface area (Å²) in [5, 5.41) is 13.0. The van der Waals surface area contributed by atoms with Gasteiger partial charge in [0.1, 0.15) is 0 Å². The molecule has 2 fully saturated rings. The lowest BCUT2D eigenvalue weighted by atomic mass is 9.60. The maximum Gasteiger partial charge on any atom is 0.317 e. The van der Waals surface area contributed by atoms with Crippen molar-refractivity contribution >= 4 is 11.9 Å². The third-order valence-electron chi connectivity index (χ3n) is 5.99. The first-order valence-corrected chi connectivity index (χ1v) is 10.0. The van der Waals surface area contributed by atoms with Gasteiger partial charge >= 0.3 is 6.03 Å². The molecule has 3 amide bonds. The molecule has 2 saturated heterocycles. The Morgan fingerprint density at radius 3 is 2.59 bits per heavy atom. The van der Waals surface area contributed by atoms with E-state index < -0.39 is 5.54 Å². The van der Waals surface area contributed by atoms with Gasteiger partial charge in [-0.15, -0.1) is 0 Å². The molecule has 1 aromatic heterocycles. The molecule has 2 aliphatic rings. The number of rotatable bonds is 5. The van der Waals surface area contributed by atoms with E-state index in [1.807, 2.05) is 37.3 Å². The van der Waals surface area contributed by atoms with Crippen LogP contribution in [-0.2, 0) is 0 Å². The average molecular weight is 394 g/mol. The van der Waals surface area contributed by atoms with Crippen LogP contribution >= 0.6 is 0 Å². The minimum atomic E-state index is -0.509. The molecular formula is C22H26N4O3. The Morgan fingerprint density at radius 2 is 1.97 bits per heavy atom. The molecule has 2 atom stereocenters. The molecule has 29 heavy (non-hydrogen) atoms. The number of aliphatic hydroxyl groups is 1. The van der Waals surface area contributed by atoms with E-state index in [1.165, 1.54) is 0 Å². The normalized spacial score (nSPS) is 22.0. The van der Waals surface area contributed by atoms with E-state index in [0.29, 0.717) is 25.2 Å². The number of likely N-dealkylation sites (tertiary alicyclic amines) is 2. The first-order valence-electron chi connectivity index (χ1n) is 10.0. The van der Waals surface area contributed by atoms with Gasteiger partial charge in [0.05, 0.1) is 23.8 Å². The van der Waals surface area contributed by atoms with Gasteiger partial charge in [0.25, 0.3) is 5.91 Å². The topological polar surface area (TPSA) is 85.8 Å². The Morgan fingerprint density at radius 1 is 1.21 bits per heavy atom. The predicted octanol–water partition coefficient (Wildman–Crippen LogP) is 1.86. The first-order chi connectivity index (χ1) is 14.1. The number of carbonyl (C=O) groups is 2. The van der Waals surface area contributed by atoms with Crippen LogP contribution in [0.25, 0.3) is 0 Å². The van der Waals surface area contributed by atoms with Crippen LogP contribution in [-0.4, -0.2) is 69.7 Å². The number of aliphatic hydroxyl groups excluding tert-OH is 1. The minimum Gasteiger partial charge on any atom is -0.394 e. The van der Waals surface area contributed by atoms with Crippen LogP contribution < -0.4 is 5.32 Å². The molecular weight excluding hydrogens is 368 g/mol. The summed E-state index contributed by atoms with van der Waals surface area (Å²) in [6, 6.07) is 13.0. The first kappa shape index (κ1) is 19.4. The second-order valence-electron chi connectivity index (χ2n) is 7.75.